The van der Waals surface area contributed by atoms with Gasteiger partial charge in [-0.25, -0.2) is 0 Å². The molecule has 0 aromatic heterocycles. The van der Waals surface area contributed by atoms with Gasteiger partial charge in [-0.05, 0) is 31.2 Å². The van der Waals surface area contributed by atoms with Gasteiger partial charge >= 0.3 is 0 Å². The van der Waals surface area contributed by atoms with Crippen LogP contribution in [0.5, 0.6) is 0 Å². The van der Waals surface area contributed by atoms with Crippen LogP contribution in [-0.4, -0.2) is 23.8 Å². The van der Waals surface area contributed by atoms with Crippen LogP contribution in [0.25, 0.3) is 0 Å². The number of hydrogen-bond donors (Lipinski definition) is 2. The highest BCUT2D eigenvalue weighted by molar-refractivity contribution is 4.91. The van der Waals surface area contributed by atoms with Crippen molar-refractivity contribution in [2.75, 3.05) is 13.1 Å². The van der Waals surface area contributed by atoms with E-state index in [0.717, 1.165) is 19.5 Å². The Labute approximate surface area is 81.7 Å². The third-order valence-electron chi connectivity index (χ3n) is 3.39. The molecule has 0 aromatic rings. The first kappa shape index (κ1) is 11.0. The van der Waals surface area contributed by atoms with Crippen LogP contribution >= 0.6 is 0 Å². The molecule has 0 aliphatic heterocycles. The fraction of sp³-hybridized carbons (Fsp3) is 1.00. The lowest BCUT2D eigenvalue weighted by Crippen LogP contribution is -2.49. The highest BCUT2D eigenvalue weighted by atomic mass is 16.3. The fourth-order valence-electron chi connectivity index (χ4n) is 2.30. The van der Waals surface area contributed by atoms with Crippen LogP contribution in [0.3, 0.4) is 0 Å². The van der Waals surface area contributed by atoms with Crippen molar-refractivity contribution in [3.05, 3.63) is 0 Å². The van der Waals surface area contributed by atoms with Gasteiger partial charge in [-0.15, -0.1) is 0 Å². The van der Waals surface area contributed by atoms with Crippen molar-refractivity contribution in [2.45, 2.75) is 45.6 Å². The van der Waals surface area contributed by atoms with Crippen LogP contribution < -0.4 is 5.32 Å². The predicted molar refractivity (Wildman–Crippen MR) is 55.7 cm³/mol. The SMILES string of the molecule is CCNCC1(O)CC(C)CCC1C. The summed E-state index contributed by atoms with van der Waals surface area (Å²) in [6.07, 6.45) is 3.40. The molecule has 1 fully saturated rings. The van der Waals surface area contributed by atoms with Crippen LogP contribution in [0.2, 0.25) is 0 Å². The fourth-order valence-corrected chi connectivity index (χ4v) is 2.30. The van der Waals surface area contributed by atoms with Crippen LogP contribution in [0.15, 0.2) is 0 Å². The zero-order chi connectivity index (χ0) is 9.90. The van der Waals surface area contributed by atoms with Gasteiger partial charge in [0.15, 0.2) is 0 Å². The van der Waals surface area contributed by atoms with Gasteiger partial charge in [0, 0.05) is 6.54 Å². The van der Waals surface area contributed by atoms with E-state index in [0.29, 0.717) is 11.8 Å². The number of rotatable bonds is 3. The summed E-state index contributed by atoms with van der Waals surface area (Å²) in [5, 5.41) is 13.6. The molecule has 0 aromatic carbocycles. The minimum atomic E-state index is -0.451. The van der Waals surface area contributed by atoms with Crippen molar-refractivity contribution >= 4 is 0 Å². The van der Waals surface area contributed by atoms with E-state index in [1.54, 1.807) is 0 Å². The van der Waals surface area contributed by atoms with Gasteiger partial charge in [0.2, 0.25) is 0 Å². The largest absolute Gasteiger partial charge is 0.388 e. The zero-order valence-corrected chi connectivity index (χ0v) is 9.14. The Morgan fingerprint density at radius 1 is 1.38 bits per heavy atom. The van der Waals surface area contributed by atoms with Gasteiger partial charge in [0.1, 0.15) is 0 Å². The first-order valence-electron chi connectivity index (χ1n) is 5.51. The highest BCUT2D eigenvalue weighted by Gasteiger charge is 2.37. The quantitative estimate of drug-likeness (QED) is 0.702. The van der Waals surface area contributed by atoms with Gasteiger partial charge < -0.3 is 10.4 Å². The van der Waals surface area contributed by atoms with Crippen molar-refractivity contribution in [1.29, 1.82) is 0 Å². The number of nitrogens with one attached hydrogen (secondary N) is 1. The lowest BCUT2D eigenvalue weighted by Gasteiger charge is -2.41. The van der Waals surface area contributed by atoms with Crippen molar-refractivity contribution in [1.82, 2.24) is 5.32 Å². The van der Waals surface area contributed by atoms with Crippen molar-refractivity contribution < 1.29 is 5.11 Å². The topological polar surface area (TPSA) is 32.3 Å². The van der Waals surface area contributed by atoms with E-state index in [-0.39, 0.29) is 0 Å². The van der Waals surface area contributed by atoms with E-state index < -0.39 is 5.60 Å². The van der Waals surface area contributed by atoms with Crippen molar-refractivity contribution in [3.8, 4) is 0 Å². The molecular weight excluding hydrogens is 162 g/mol. The molecule has 3 atom stereocenters. The van der Waals surface area contributed by atoms with Gasteiger partial charge in [-0.2, -0.15) is 0 Å². The first-order chi connectivity index (χ1) is 6.08. The molecule has 0 spiro atoms. The number of hydrogen-bond acceptors (Lipinski definition) is 2. The van der Waals surface area contributed by atoms with Gasteiger partial charge in [-0.1, -0.05) is 27.2 Å². The smallest absolute Gasteiger partial charge is 0.0799 e. The van der Waals surface area contributed by atoms with Crippen LogP contribution in [0, 0.1) is 11.8 Å². The highest BCUT2D eigenvalue weighted by Crippen LogP contribution is 2.36. The summed E-state index contributed by atoms with van der Waals surface area (Å²) in [7, 11) is 0. The van der Waals surface area contributed by atoms with Gasteiger partial charge in [0.05, 0.1) is 5.60 Å². The molecule has 3 unspecified atom stereocenters. The monoisotopic (exact) mass is 185 g/mol. The second kappa shape index (κ2) is 4.43. The van der Waals surface area contributed by atoms with Gasteiger partial charge in [0.25, 0.3) is 0 Å². The van der Waals surface area contributed by atoms with E-state index in [2.05, 4.69) is 26.1 Å². The summed E-state index contributed by atoms with van der Waals surface area (Å²) in [5.74, 6) is 1.13. The third-order valence-corrected chi connectivity index (χ3v) is 3.39. The minimum absolute atomic E-state index is 0.447. The van der Waals surface area contributed by atoms with E-state index in [1.165, 1.54) is 12.8 Å². The first-order valence-corrected chi connectivity index (χ1v) is 5.51. The van der Waals surface area contributed by atoms with E-state index in [1.807, 2.05) is 0 Å². The maximum Gasteiger partial charge on any atom is 0.0799 e. The second-order valence-corrected chi connectivity index (χ2v) is 4.67. The molecule has 0 heterocycles. The van der Waals surface area contributed by atoms with Crippen molar-refractivity contribution in [2.24, 2.45) is 11.8 Å². The van der Waals surface area contributed by atoms with Gasteiger partial charge in [-0.3, -0.25) is 0 Å². The molecule has 13 heavy (non-hydrogen) atoms. The molecule has 1 saturated carbocycles. The summed E-state index contributed by atoms with van der Waals surface area (Å²) >= 11 is 0. The predicted octanol–water partition coefficient (Wildman–Crippen LogP) is 1.78. The van der Waals surface area contributed by atoms with E-state index >= 15 is 0 Å². The minimum Gasteiger partial charge on any atom is -0.388 e. The molecule has 78 valence electrons. The molecule has 0 bridgehead atoms. The molecule has 1 rings (SSSR count). The number of aliphatic hydroxyl groups is 1. The molecule has 0 radical (unpaired) electrons. The third kappa shape index (κ3) is 2.68. The molecular formula is C11H23NO. The maximum absolute atomic E-state index is 10.4. The Morgan fingerprint density at radius 2 is 2.08 bits per heavy atom. The molecule has 1 aliphatic carbocycles. The Balaban J connectivity index is 2.50. The average molecular weight is 185 g/mol. The van der Waals surface area contributed by atoms with E-state index in [9.17, 15) is 5.11 Å². The lowest BCUT2D eigenvalue weighted by molar-refractivity contribution is -0.0543. The Bertz CT molecular complexity index is 160. The summed E-state index contributed by atoms with van der Waals surface area (Å²) in [6.45, 7) is 8.20. The molecule has 2 N–H and O–H groups in total. The second-order valence-electron chi connectivity index (χ2n) is 4.67. The van der Waals surface area contributed by atoms with E-state index in [4.69, 9.17) is 0 Å². The van der Waals surface area contributed by atoms with Crippen LogP contribution in [0.1, 0.15) is 40.0 Å². The Morgan fingerprint density at radius 3 is 2.69 bits per heavy atom. The maximum atomic E-state index is 10.4. The summed E-state index contributed by atoms with van der Waals surface area (Å²) in [4.78, 5) is 0. The Hall–Kier alpha value is -0.0800. The standard InChI is InChI=1S/C11H23NO/c1-4-12-8-11(13)7-9(2)5-6-10(11)3/h9-10,12-13H,4-8H2,1-3H3. The lowest BCUT2D eigenvalue weighted by atomic mass is 9.72. The molecule has 1 aliphatic rings. The zero-order valence-electron chi connectivity index (χ0n) is 9.14. The summed E-state index contributed by atoms with van der Waals surface area (Å²) in [6, 6.07) is 0. The number of likely N-dealkylation sites (N-methyl/N-ethyl adjacent to an activating group) is 1. The van der Waals surface area contributed by atoms with Crippen molar-refractivity contribution in [3.63, 3.8) is 0 Å². The average Bonchev–Trinajstić information content (AvgIpc) is 2.09. The molecule has 2 heteroatoms. The Kier molecular flexibility index (Phi) is 3.74. The van der Waals surface area contributed by atoms with Crippen LogP contribution in [-0.2, 0) is 0 Å². The normalized spacial score (nSPS) is 40.6. The molecule has 0 amide bonds. The van der Waals surface area contributed by atoms with Crippen LogP contribution in [0.4, 0.5) is 0 Å². The summed E-state index contributed by atoms with van der Waals surface area (Å²) < 4.78 is 0. The summed E-state index contributed by atoms with van der Waals surface area (Å²) in [5.41, 5.74) is -0.451. The molecule has 0 saturated heterocycles. The molecule has 2 nitrogen and oxygen atoms in total.